The molecule has 1 aliphatic heterocycles. The van der Waals surface area contributed by atoms with Gasteiger partial charge in [-0.2, -0.15) is 0 Å². The number of hydrogen-bond donors (Lipinski definition) is 0. The number of rotatable bonds is 4. The summed E-state index contributed by atoms with van der Waals surface area (Å²) in [5, 5.41) is 1.68. The molecule has 0 N–H and O–H groups in total. The van der Waals surface area contributed by atoms with Gasteiger partial charge in [0.15, 0.2) is 4.32 Å². The molecule has 0 atom stereocenters. The van der Waals surface area contributed by atoms with Crippen LogP contribution in [0.25, 0.3) is 17.0 Å². The lowest BCUT2D eigenvalue weighted by atomic mass is 10.1. The molecule has 0 bridgehead atoms. The number of carbonyl (C=O) groups excluding carboxylic acids is 1. The quantitative estimate of drug-likeness (QED) is 0.200. The number of fused-ring (bicyclic) bond motifs is 1. The molecule has 1 aromatic heterocycles. The number of carbonyl (C=O) groups is 1. The number of thioether (sulfide) groups is 1. The molecular formula is C26H17Cl2FN2OS2. The summed E-state index contributed by atoms with van der Waals surface area (Å²) in [6.45, 7) is 2.64. The molecule has 0 saturated carbocycles. The van der Waals surface area contributed by atoms with Gasteiger partial charge < -0.3 is 4.57 Å². The monoisotopic (exact) mass is 526 g/mol. The number of para-hydroxylation sites is 1. The summed E-state index contributed by atoms with van der Waals surface area (Å²) in [5.74, 6) is -0.812. The molecule has 170 valence electrons. The maximum atomic E-state index is 13.6. The van der Waals surface area contributed by atoms with Crippen LogP contribution in [0.3, 0.4) is 0 Å². The average Bonchev–Trinajstić information content (AvgIpc) is 3.25. The van der Waals surface area contributed by atoms with Gasteiger partial charge in [0.05, 0.1) is 15.6 Å². The highest BCUT2D eigenvalue weighted by Crippen LogP contribution is 2.39. The van der Waals surface area contributed by atoms with E-state index in [4.69, 9.17) is 35.4 Å². The van der Waals surface area contributed by atoms with Crippen LogP contribution in [0, 0.1) is 12.7 Å². The second-order valence-electron chi connectivity index (χ2n) is 7.81. The van der Waals surface area contributed by atoms with Gasteiger partial charge in [-0.05, 0) is 48.9 Å². The first-order chi connectivity index (χ1) is 16.3. The van der Waals surface area contributed by atoms with Gasteiger partial charge in [-0.25, -0.2) is 4.39 Å². The molecule has 1 saturated heterocycles. The van der Waals surface area contributed by atoms with Gasteiger partial charge in [0.2, 0.25) is 0 Å². The van der Waals surface area contributed by atoms with Gasteiger partial charge in [-0.3, -0.25) is 9.69 Å². The van der Waals surface area contributed by atoms with E-state index < -0.39 is 5.82 Å². The second kappa shape index (κ2) is 9.19. The molecule has 0 unspecified atom stereocenters. The SMILES string of the molecule is Cc1c(/C=C2\SC(=S)N(c3ccc(F)c(Cl)c3)C2=O)c2ccccc2n1Cc1ccccc1Cl. The van der Waals surface area contributed by atoms with E-state index in [0.717, 1.165) is 27.7 Å². The Labute approximate surface area is 215 Å². The average molecular weight is 527 g/mol. The predicted octanol–water partition coefficient (Wildman–Crippen LogP) is 7.85. The summed E-state index contributed by atoms with van der Waals surface area (Å²) < 4.78 is 16.2. The largest absolute Gasteiger partial charge is 0.340 e. The fourth-order valence-electron chi connectivity index (χ4n) is 4.09. The van der Waals surface area contributed by atoms with Crippen molar-refractivity contribution >= 4 is 80.1 Å². The smallest absolute Gasteiger partial charge is 0.270 e. The minimum absolute atomic E-state index is 0.0611. The molecule has 2 heterocycles. The van der Waals surface area contributed by atoms with Crippen molar-refractivity contribution in [3.05, 3.63) is 104 Å². The van der Waals surface area contributed by atoms with Crippen LogP contribution in [0.4, 0.5) is 10.1 Å². The minimum Gasteiger partial charge on any atom is -0.340 e. The van der Waals surface area contributed by atoms with Crippen LogP contribution in [0.2, 0.25) is 10.0 Å². The van der Waals surface area contributed by atoms with Crippen LogP contribution in [0.15, 0.2) is 71.6 Å². The van der Waals surface area contributed by atoms with Crippen molar-refractivity contribution in [2.45, 2.75) is 13.5 Å². The van der Waals surface area contributed by atoms with Crippen LogP contribution < -0.4 is 4.90 Å². The van der Waals surface area contributed by atoms with Crippen molar-refractivity contribution in [2.75, 3.05) is 4.90 Å². The Morgan fingerprint density at radius 3 is 2.53 bits per heavy atom. The van der Waals surface area contributed by atoms with Crippen LogP contribution in [-0.2, 0) is 11.3 Å². The maximum Gasteiger partial charge on any atom is 0.270 e. The Bertz CT molecular complexity index is 1510. The van der Waals surface area contributed by atoms with Crippen LogP contribution in [0.1, 0.15) is 16.8 Å². The van der Waals surface area contributed by atoms with E-state index in [-0.39, 0.29) is 10.9 Å². The van der Waals surface area contributed by atoms with Crippen LogP contribution in [0.5, 0.6) is 0 Å². The minimum atomic E-state index is -0.548. The fraction of sp³-hybridized carbons (Fsp3) is 0.0769. The van der Waals surface area contributed by atoms with Gasteiger partial charge in [-0.15, -0.1) is 0 Å². The van der Waals surface area contributed by atoms with Crippen molar-refractivity contribution in [1.29, 1.82) is 0 Å². The van der Waals surface area contributed by atoms with E-state index in [9.17, 15) is 9.18 Å². The molecule has 0 spiro atoms. The Hall–Kier alpha value is -2.64. The molecule has 1 aliphatic rings. The Kier molecular flexibility index (Phi) is 6.25. The highest BCUT2D eigenvalue weighted by molar-refractivity contribution is 8.27. The zero-order valence-corrected chi connectivity index (χ0v) is 21.0. The second-order valence-corrected chi connectivity index (χ2v) is 10.3. The summed E-state index contributed by atoms with van der Waals surface area (Å²) in [7, 11) is 0. The molecule has 34 heavy (non-hydrogen) atoms. The predicted molar refractivity (Wildman–Crippen MR) is 144 cm³/mol. The van der Waals surface area contributed by atoms with Gasteiger partial charge in [0.25, 0.3) is 5.91 Å². The van der Waals surface area contributed by atoms with Crippen molar-refractivity contribution < 1.29 is 9.18 Å². The van der Waals surface area contributed by atoms with Gasteiger partial charge in [0.1, 0.15) is 5.82 Å². The number of nitrogens with zero attached hydrogens (tertiary/aromatic N) is 2. The molecule has 1 fully saturated rings. The first-order valence-electron chi connectivity index (χ1n) is 10.4. The highest BCUT2D eigenvalue weighted by Gasteiger charge is 2.34. The van der Waals surface area contributed by atoms with E-state index in [2.05, 4.69) is 10.6 Å². The number of anilines is 1. The molecular weight excluding hydrogens is 510 g/mol. The Balaban J connectivity index is 1.57. The fourth-order valence-corrected chi connectivity index (χ4v) is 5.74. The lowest BCUT2D eigenvalue weighted by molar-refractivity contribution is -0.113. The molecule has 0 radical (unpaired) electrons. The zero-order chi connectivity index (χ0) is 24.0. The molecule has 4 aromatic rings. The molecule has 5 rings (SSSR count). The van der Waals surface area contributed by atoms with E-state index in [1.165, 1.54) is 34.9 Å². The van der Waals surface area contributed by atoms with Crippen LogP contribution >= 0.6 is 47.2 Å². The van der Waals surface area contributed by atoms with E-state index in [1.54, 1.807) is 0 Å². The standard InChI is InChI=1S/C26H17Cl2FN2OS2/c1-15-19(13-24-25(32)31(26(33)34-24)17-10-11-22(29)21(28)12-17)18-7-3-5-9-23(18)30(15)14-16-6-2-4-8-20(16)27/h2-13H,14H2,1H3/b24-13-. The summed E-state index contributed by atoms with van der Waals surface area (Å²) >= 11 is 19.0. The molecule has 0 aliphatic carbocycles. The van der Waals surface area contributed by atoms with Crippen molar-refractivity contribution in [1.82, 2.24) is 4.57 Å². The van der Waals surface area contributed by atoms with Crippen LogP contribution in [-0.4, -0.2) is 14.8 Å². The normalized spacial score (nSPS) is 15.2. The van der Waals surface area contributed by atoms with Gasteiger partial charge >= 0.3 is 0 Å². The van der Waals surface area contributed by atoms with Gasteiger partial charge in [0, 0.05) is 33.7 Å². The number of thiocarbonyl (C=S) groups is 1. The molecule has 1 amide bonds. The lowest BCUT2D eigenvalue weighted by Crippen LogP contribution is -2.27. The zero-order valence-electron chi connectivity index (χ0n) is 17.9. The number of aromatic nitrogens is 1. The summed E-state index contributed by atoms with van der Waals surface area (Å²) in [6.07, 6.45) is 1.88. The summed E-state index contributed by atoms with van der Waals surface area (Å²) in [5.41, 5.74) is 4.46. The highest BCUT2D eigenvalue weighted by atomic mass is 35.5. The lowest BCUT2D eigenvalue weighted by Gasteiger charge is -2.14. The third-order valence-electron chi connectivity index (χ3n) is 5.80. The van der Waals surface area contributed by atoms with E-state index in [1.807, 2.05) is 55.5 Å². The molecule has 3 aromatic carbocycles. The molecule has 3 nitrogen and oxygen atoms in total. The third-order valence-corrected chi connectivity index (χ3v) is 7.76. The first-order valence-corrected chi connectivity index (χ1v) is 12.4. The summed E-state index contributed by atoms with van der Waals surface area (Å²) in [4.78, 5) is 15.2. The number of amides is 1. The number of hydrogen-bond acceptors (Lipinski definition) is 3. The topological polar surface area (TPSA) is 25.2 Å². The van der Waals surface area contributed by atoms with Crippen molar-refractivity contribution in [3.8, 4) is 0 Å². The Morgan fingerprint density at radius 2 is 1.76 bits per heavy atom. The third kappa shape index (κ3) is 4.05. The number of halogens is 3. The van der Waals surface area contributed by atoms with Crippen molar-refractivity contribution in [2.24, 2.45) is 0 Å². The van der Waals surface area contributed by atoms with E-state index >= 15 is 0 Å². The number of benzene rings is 3. The van der Waals surface area contributed by atoms with Crippen molar-refractivity contribution in [3.63, 3.8) is 0 Å². The maximum absolute atomic E-state index is 13.6. The Morgan fingerprint density at radius 1 is 1.03 bits per heavy atom. The first kappa shape index (κ1) is 23.1. The summed E-state index contributed by atoms with van der Waals surface area (Å²) in [6, 6.07) is 20.0. The van der Waals surface area contributed by atoms with Gasteiger partial charge in [-0.1, -0.05) is 83.6 Å². The molecule has 8 heteroatoms. The van der Waals surface area contributed by atoms with E-state index in [0.29, 0.717) is 26.5 Å².